The van der Waals surface area contributed by atoms with Crippen molar-refractivity contribution in [2.75, 3.05) is 0 Å². The largest absolute Gasteiger partial charge is 0.303 e. The minimum absolute atomic E-state index is 0.171. The van der Waals surface area contributed by atoms with E-state index in [-0.39, 0.29) is 5.92 Å². The van der Waals surface area contributed by atoms with Gasteiger partial charge in [-0.2, -0.15) is 0 Å². The fraction of sp³-hybridized carbons (Fsp3) is 0.421. The van der Waals surface area contributed by atoms with E-state index in [0.29, 0.717) is 0 Å². The number of rotatable bonds is 4. The molecule has 0 aromatic heterocycles. The van der Waals surface area contributed by atoms with Crippen LogP contribution in [0.2, 0.25) is 0 Å². The average Bonchev–Trinajstić information content (AvgIpc) is 3.21. The minimum Gasteiger partial charge on any atom is -0.303 e. The van der Waals surface area contributed by atoms with Crippen molar-refractivity contribution in [1.82, 2.24) is 0 Å². The van der Waals surface area contributed by atoms with E-state index in [1.54, 1.807) is 0 Å². The molecule has 0 aliphatic heterocycles. The maximum Gasteiger partial charge on any atom is 0.123 e. The van der Waals surface area contributed by atoms with Crippen LogP contribution in [0, 0.1) is 18.8 Å². The highest BCUT2D eigenvalue weighted by Crippen LogP contribution is 2.39. The summed E-state index contributed by atoms with van der Waals surface area (Å²) < 4.78 is 0. The Balaban J connectivity index is 2.08. The van der Waals surface area contributed by atoms with E-state index in [2.05, 4.69) is 32.6 Å². The third-order valence-electron chi connectivity index (χ3n) is 4.84. The molecule has 0 radical (unpaired) electrons. The Kier molecular flexibility index (Phi) is 3.37. The molecule has 0 bridgehead atoms. The van der Waals surface area contributed by atoms with E-state index < -0.39 is 0 Å². The van der Waals surface area contributed by atoms with Gasteiger partial charge in [-0.1, -0.05) is 30.4 Å². The van der Waals surface area contributed by atoms with Gasteiger partial charge in [-0.25, -0.2) is 0 Å². The highest BCUT2D eigenvalue weighted by atomic mass is 16.1. The van der Waals surface area contributed by atoms with Gasteiger partial charge in [0.1, 0.15) is 6.29 Å². The first-order chi connectivity index (χ1) is 9.63. The third-order valence-corrected chi connectivity index (χ3v) is 4.84. The highest BCUT2D eigenvalue weighted by molar-refractivity contribution is 5.72. The van der Waals surface area contributed by atoms with Crippen LogP contribution in [-0.4, -0.2) is 6.29 Å². The van der Waals surface area contributed by atoms with Crippen LogP contribution >= 0.6 is 0 Å². The summed E-state index contributed by atoms with van der Waals surface area (Å²) in [6.45, 7) is 8.41. The lowest BCUT2D eigenvalue weighted by Crippen LogP contribution is -1.99. The zero-order chi connectivity index (χ0) is 14.3. The number of aldehydes is 1. The number of hydrogen-bond acceptors (Lipinski definition) is 1. The highest BCUT2D eigenvalue weighted by Gasteiger charge is 2.26. The summed E-state index contributed by atoms with van der Waals surface area (Å²) in [6.07, 6.45) is 9.88. The van der Waals surface area contributed by atoms with Crippen LogP contribution in [0.25, 0.3) is 12.2 Å². The molecule has 1 unspecified atom stereocenters. The van der Waals surface area contributed by atoms with E-state index >= 15 is 0 Å². The zero-order valence-corrected chi connectivity index (χ0v) is 12.4. The summed E-state index contributed by atoms with van der Waals surface area (Å²) in [5.41, 5.74) is 8.10. The van der Waals surface area contributed by atoms with E-state index in [9.17, 15) is 4.79 Å². The molecule has 20 heavy (non-hydrogen) atoms. The standard InChI is InChI=1S/C19H22O/c1-4-15-10-17-8-14(11-20)9-19(17)13(3)18(15)7-12(2)16-5-6-16/h4,7,10-11,14,16H,1,5-6,8-9H2,2-3H3/b12-7+. The number of carbonyl (C=O) groups excluding carboxylic acids is 1. The van der Waals surface area contributed by atoms with Crippen molar-refractivity contribution in [2.24, 2.45) is 11.8 Å². The van der Waals surface area contributed by atoms with Gasteiger partial charge in [0.25, 0.3) is 0 Å². The SMILES string of the molecule is C=Cc1cc2c(c(C)c1/C=C(\C)C1CC1)CC(C=O)C2. The van der Waals surface area contributed by atoms with Gasteiger partial charge >= 0.3 is 0 Å². The Morgan fingerprint density at radius 2 is 2.10 bits per heavy atom. The lowest BCUT2D eigenvalue weighted by molar-refractivity contribution is -0.110. The molecule has 104 valence electrons. The molecule has 2 aliphatic carbocycles. The molecule has 1 nitrogen and oxygen atoms in total. The molecule has 1 saturated carbocycles. The van der Waals surface area contributed by atoms with Crippen LogP contribution in [0.5, 0.6) is 0 Å². The first-order valence-electron chi connectivity index (χ1n) is 7.55. The normalized spacial score (nSPS) is 21.7. The quantitative estimate of drug-likeness (QED) is 0.740. The molecule has 2 aliphatic rings. The number of benzene rings is 1. The van der Waals surface area contributed by atoms with E-state index in [1.165, 1.54) is 46.2 Å². The van der Waals surface area contributed by atoms with Crippen LogP contribution < -0.4 is 0 Å². The van der Waals surface area contributed by atoms with Gasteiger partial charge in [-0.15, -0.1) is 0 Å². The Bertz CT molecular complexity index is 603. The zero-order valence-electron chi connectivity index (χ0n) is 12.4. The van der Waals surface area contributed by atoms with Gasteiger partial charge in [0.05, 0.1) is 0 Å². The smallest absolute Gasteiger partial charge is 0.123 e. The van der Waals surface area contributed by atoms with E-state index in [1.807, 2.05) is 6.08 Å². The predicted octanol–water partition coefficient (Wildman–Crippen LogP) is 4.37. The molecule has 0 heterocycles. The number of carbonyl (C=O) groups is 1. The fourth-order valence-electron chi connectivity index (χ4n) is 3.40. The monoisotopic (exact) mass is 266 g/mol. The summed E-state index contributed by atoms with van der Waals surface area (Å²) in [4.78, 5) is 11.1. The summed E-state index contributed by atoms with van der Waals surface area (Å²) in [7, 11) is 0. The molecule has 1 aromatic carbocycles. The first-order valence-corrected chi connectivity index (χ1v) is 7.55. The minimum atomic E-state index is 0.171. The number of fused-ring (bicyclic) bond motifs is 1. The molecule has 0 spiro atoms. The van der Waals surface area contributed by atoms with Crippen LogP contribution in [0.4, 0.5) is 0 Å². The topological polar surface area (TPSA) is 17.1 Å². The third kappa shape index (κ3) is 2.26. The lowest BCUT2D eigenvalue weighted by Gasteiger charge is -2.13. The second-order valence-electron chi connectivity index (χ2n) is 6.31. The predicted molar refractivity (Wildman–Crippen MR) is 84.6 cm³/mol. The Morgan fingerprint density at radius 1 is 1.35 bits per heavy atom. The Hall–Kier alpha value is -1.63. The second kappa shape index (κ2) is 5.05. The van der Waals surface area contributed by atoms with Crippen molar-refractivity contribution < 1.29 is 4.79 Å². The molecule has 3 rings (SSSR count). The Morgan fingerprint density at radius 3 is 2.70 bits per heavy atom. The molecule has 1 atom stereocenters. The molecule has 1 aromatic rings. The molecule has 0 amide bonds. The second-order valence-corrected chi connectivity index (χ2v) is 6.31. The Labute approximate surface area is 121 Å². The van der Waals surface area contributed by atoms with Crippen molar-refractivity contribution in [2.45, 2.75) is 39.5 Å². The van der Waals surface area contributed by atoms with Gasteiger partial charge < -0.3 is 4.79 Å². The van der Waals surface area contributed by atoms with Crippen LogP contribution in [-0.2, 0) is 17.6 Å². The van der Waals surface area contributed by atoms with Gasteiger partial charge in [0.15, 0.2) is 0 Å². The van der Waals surface area contributed by atoms with Crippen LogP contribution in [0.3, 0.4) is 0 Å². The first kappa shape index (κ1) is 13.4. The molecule has 0 N–H and O–H groups in total. The summed E-state index contributed by atoms with van der Waals surface area (Å²) in [5.74, 6) is 0.966. The maximum atomic E-state index is 11.1. The maximum absolute atomic E-state index is 11.1. The lowest BCUT2D eigenvalue weighted by atomic mass is 9.92. The van der Waals surface area contributed by atoms with Gasteiger partial charge in [0.2, 0.25) is 0 Å². The van der Waals surface area contributed by atoms with Crippen molar-refractivity contribution in [1.29, 1.82) is 0 Å². The number of allylic oxidation sites excluding steroid dienone is 1. The van der Waals surface area contributed by atoms with Crippen molar-refractivity contribution in [3.05, 3.63) is 46.0 Å². The van der Waals surface area contributed by atoms with Crippen molar-refractivity contribution >= 4 is 18.4 Å². The summed E-state index contributed by atoms with van der Waals surface area (Å²) >= 11 is 0. The van der Waals surface area contributed by atoms with Gasteiger partial charge in [0, 0.05) is 5.92 Å². The van der Waals surface area contributed by atoms with Gasteiger partial charge in [-0.3, -0.25) is 0 Å². The molecular formula is C19H22O. The van der Waals surface area contributed by atoms with E-state index in [0.717, 1.165) is 25.0 Å². The summed E-state index contributed by atoms with van der Waals surface area (Å²) in [6, 6.07) is 2.24. The van der Waals surface area contributed by atoms with E-state index in [4.69, 9.17) is 0 Å². The molecule has 1 fully saturated rings. The van der Waals surface area contributed by atoms with Crippen LogP contribution in [0.1, 0.15) is 47.6 Å². The number of hydrogen-bond donors (Lipinski definition) is 0. The van der Waals surface area contributed by atoms with Crippen molar-refractivity contribution in [3.8, 4) is 0 Å². The van der Waals surface area contributed by atoms with Crippen molar-refractivity contribution in [3.63, 3.8) is 0 Å². The fourth-order valence-corrected chi connectivity index (χ4v) is 3.40. The molecule has 1 heteroatoms. The van der Waals surface area contributed by atoms with Crippen LogP contribution in [0.15, 0.2) is 18.2 Å². The average molecular weight is 266 g/mol. The van der Waals surface area contributed by atoms with Gasteiger partial charge in [-0.05, 0) is 73.3 Å². The molecular weight excluding hydrogens is 244 g/mol. The summed E-state index contributed by atoms with van der Waals surface area (Å²) in [5, 5.41) is 0. The molecule has 0 saturated heterocycles.